The first kappa shape index (κ1) is 23.5. The van der Waals surface area contributed by atoms with Crippen molar-refractivity contribution in [2.24, 2.45) is 0 Å². The number of aryl methyl sites for hydroxylation is 1. The molecule has 2 aromatic heterocycles. The highest BCUT2D eigenvalue weighted by Crippen LogP contribution is 2.32. The van der Waals surface area contributed by atoms with Gasteiger partial charge in [0.05, 0.1) is 35.5 Å². The SMILES string of the molecule is COc1cc(Cl)cc2c(CC(=O)Nc3cccc4nc(C)n(C5CCC(=O)NC5=O)c(=O)c34)noc12. The Morgan fingerprint density at radius 3 is 2.86 bits per heavy atom. The number of hydrogen-bond acceptors (Lipinski definition) is 8. The molecule has 1 saturated heterocycles. The Bertz CT molecular complexity index is 1630. The van der Waals surface area contributed by atoms with Crippen molar-refractivity contribution >= 4 is 56.9 Å². The van der Waals surface area contributed by atoms with Crippen LogP contribution in [0.4, 0.5) is 5.69 Å². The van der Waals surface area contributed by atoms with Crippen LogP contribution in [0.25, 0.3) is 21.9 Å². The van der Waals surface area contributed by atoms with E-state index in [-0.39, 0.29) is 36.2 Å². The monoisotopic (exact) mass is 509 g/mol. The number of benzene rings is 2. The number of nitrogens with one attached hydrogen (secondary N) is 2. The fourth-order valence-electron chi connectivity index (χ4n) is 4.41. The molecular formula is C24H20ClN5O6. The van der Waals surface area contributed by atoms with Crippen LogP contribution in [0.5, 0.6) is 5.75 Å². The zero-order chi connectivity index (χ0) is 25.6. The third-order valence-corrected chi connectivity index (χ3v) is 6.25. The Morgan fingerprint density at radius 2 is 2.11 bits per heavy atom. The van der Waals surface area contributed by atoms with Gasteiger partial charge in [-0.25, -0.2) is 4.98 Å². The van der Waals surface area contributed by atoms with Crippen molar-refractivity contribution in [2.45, 2.75) is 32.2 Å². The fraction of sp³-hybridized carbons (Fsp3) is 0.250. The van der Waals surface area contributed by atoms with Crippen LogP contribution in [-0.4, -0.2) is 39.5 Å². The third-order valence-electron chi connectivity index (χ3n) is 6.03. The number of carbonyl (C=O) groups excluding carboxylic acids is 3. The summed E-state index contributed by atoms with van der Waals surface area (Å²) >= 11 is 6.15. The van der Waals surface area contributed by atoms with Crippen LogP contribution in [0.1, 0.15) is 30.4 Å². The minimum Gasteiger partial charge on any atom is -0.493 e. The van der Waals surface area contributed by atoms with E-state index in [0.717, 1.165) is 0 Å². The number of methoxy groups -OCH3 is 1. The van der Waals surface area contributed by atoms with Crippen molar-refractivity contribution in [3.8, 4) is 5.75 Å². The average molecular weight is 510 g/mol. The molecule has 1 fully saturated rings. The molecule has 1 aliphatic rings. The molecule has 3 heterocycles. The minimum atomic E-state index is -0.878. The number of imide groups is 1. The number of halogens is 1. The van der Waals surface area contributed by atoms with E-state index in [1.165, 1.54) is 11.7 Å². The summed E-state index contributed by atoms with van der Waals surface area (Å²) in [5.74, 6) is -0.690. The normalized spacial score (nSPS) is 15.8. The molecule has 0 radical (unpaired) electrons. The van der Waals surface area contributed by atoms with Crippen LogP contribution >= 0.6 is 11.6 Å². The molecule has 12 heteroatoms. The summed E-state index contributed by atoms with van der Waals surface area (Å²) in [5, 5.41) is 10.1. The molecule has 11 nitrogen and oxygen atoms in total. The molecule has 1 unspecified atom stereocenters. The van der Waals surface area contributed by atoms with Crippen LogP contribution in [0, 0.1) is 6.92 Å². The molecule has 2 N–H and O–H groups in total. The first-order valence-electron chi connectivity index (χ1n) is 11.0. The van der Waals surface area contributed by atoms with E-state index < -0.39 is 23.4 Å². The van der Waals surface area contributed by atoms with Crippen molar-refractivity contribution in [1.29, 1.82) is 0 Å². The molecule has 4 aromatic rings. The van der Waals surface area contributed by atoms with Gasteiger partial charge in [-0.3, -0.25) is 29.1 Å². The summed E-state index contributed by atoms with van der Waals surface area (Å²) in [7, 11) is 1.47. The van der Waals surface area contributed by atoms with E-state index in [2.05, 4.69) is 20.8 Å². The van der Waals surface area contributed by atoms with E-state index >= 15 is 0 Å². The zero-order valence-electron chi connectivity index (χ0n) is 19.3. The lowest BCUT2D eigenvalue weighted by molar-refractivity contribution is -0.135. The fourth-order valence-corrected chi connectivity index (χ4v) is 4.61. The highest BCUT2D eigenvalue weighted by Gasteiger charge is 2.31. The smallest absolute Gasteiger partial charge is 0.264 e. The minimum absolute atomic E-state index is 0.110. The van der Waals surface area contributed by atoms with Crippen molar-refractivity contribution in [3.05, 3.63) is 57.2 Å². The number of amides is 3. The second kappa shape index (κ2) is 9.08. The Balaban J connectivity index is 1.50. The van der Waals surface area contributed by atoms with E-state index in [9.17, 15) is 19.2 Å². The second-order valence-electron chi connectivity index (χ2n) is 8.34. The number of carbonyl (C=O) groups is 3. The van der Waals surface area contributed by atoms with Crippen LogP contribution in [0.2, 0.25) is 5.02 Å². The predicted molar refractivity (Wildman–Crippen MR) is 130 cm³/mol. The van der Waals surface area contributed by atoms with Gasteiger partial charge in [-0.2, -0.15) is 0 Å². The molecule has 5 rings (SSSR count). The second-order valence-corrected chi connectivity index (χ2v) is 8.78. The van der Waals surface area contributed by atoms with Gasteiger partial charge >= 0.3 is 0 Å². The van der Waals surface area contributed by atoms with Gasteiger partial charge in [-0.05, 0) is 31.5 Å². The molecule has 1 atom stereocenters. The summed E-state index contributed by atoms with van der Waals surface area (Å²) in [6.45, 7) is 1.62. The van der Waals surface area contributed by atoms with Gasteiger partial charge in [0.2, 0.25) is 23.3 Å². The number of hydrogen-bond donors (Lipinski definition) is 2. The maximum atomic E-state index is 13.5. The molecule has 36 heavy (non-hydrogen) atoms. The Hall–Kier alpha value is -4.25. The van der Waals surface area contributed by atoms with E-state index in [0.29, 0.717) is 38.8 Å². The maximum absolute atomic E-state index is 13.5. The number of ether oxygens (including phenoxy) is 1. The van der Waals surface area contributed by atoms with Crippen LogP contribution in [0.15, 0.2) is 39.6 Å². The van der Waals surface area contributed by atoms with Gasteiger partial charge in [-0.15, -0.1) is 0 Å². The Kier molecular flexibility index (Phi) is 5.92. The van der Waals surface area contributed by atoms with Crippen molar-refractivity contribution in [2.75, 3.05) is 12.4 Å². The molecule has 1 aliphatic heterocycles. The molecule has 0 aliphatic carbocycles. The number of anilines is 1. The first-order valence-corrected chi connectivity index (χ1v) is 11.4. The molecule has 3 amide bonds. The van der Waals surface area contributed by atoms with Crippen LogP contribution in [0.3, 0.4) is 0 Å². The Morgan fingerprint density at radius 1 is 1.31 bits per heavy atom. The Labute approximate surface area is 208 Å². The number of fused-ring (bicyclic) bond motifs is 2. The third kappa shape index (κ3) is 4.07. The van der Waals surface area contributed by atoms with Crippen LogP contribution in [-0.2, 0) is 20.8 Å². The van der Waals surface area contributed by atoms with Crippen LogP contribution < -0.4 is 20.9 Å². The summed E-state index contributed by atoms with van der Waals surface area (Å²) in [4.78, 5) is 55.0. The highest BCUT2D eigenvalue weighted by molar-refractivity contribution is 6.31. The summed E-state index contributed by atoms with van der Waals surface area (Å²) < 4.78 is 11.9. The van der Waals surface area contributed by atoms with Gasteiger partial charge in [0.25, 0.3) is 5.56 Å². The molecule has 0 spiro atoms. The number of rotatable bonds is 5. The topological polar surface area (TPSA) is 145 Å². The summed E-state index contributed by atoms with van der Waals surface area (Å²) in [6.07, 6.45) is 0.130. The van der Waals surface area contributed by atoms with E-state index in [1.54, 1.807) is 37.3 Å². The zero-order valence-corrected chi connectivity index (χ0v) is 20.0. The predicted octanol–water partition coefficient (Wildman–Crippen LogP) is 2.67. The quantitative estimate of drug-likeness (QED) is 0.390. The van der Waals surface area contributed by atoms with Crippen molar-refractivity contribution in [1.82, 2.24) is 20.0 Å². The number of piperidine rings is 1. The van der Waals surface area contributed by atoms with E-state index in [1.807, 2.05) is 0 Å². The average Bonchev–Trinajstić information content (AvgIpc) is 3.21. The van der Waals surface area contributed by atoms with E-state index in [4.69, 9.17) is 20.9 Å². The van der Waals surface area contributed by atoms with Gasteiger partial charge < -0.3 is 14.6 Å². The first-order chi connectivity index (χ1) is 17.3. The lowest BCUT2D eigenvalue weighted by Crippen LogP contribution is -2.45. The number of aromatic nitrogens is 3. The van der Waals surface area contributed by atoms with Gasteiger partial charge in [0.15, 0.2) is 5.75 Å². The van der Waals surface area contributed by atoms with Gasteiger partial charge in [0, 0.05) is 17.5 Å². The maximum Gasteiger partial charge on any atom is 0.264 e. The molecular weight excluding hydrogens is 490 g/mol. The van der Waals surface area contributed by atoms with Crippen molar-refractivity contribution in [3.63, 3.8) is 0 Å². The number of nitrogens with zero attached hydrogens (tertiary/aromatic N) is 3. The standard InChI is InChI=1S/C24H20ClN5O6/c1-11-26-14-4-3-5-15(21(14)24(34)30(11)17-6-7-19(31)28-23(17)33)27-20(32)10-16-13-8-12(25)9-18(35-2)22(13)36-29-16/h3-5,8-9,17H,6-7,10H2,1-2H3,(H,27,32)(H,28,31,33). The molecule has 2 aromatic carbocycles. The summed E-state index contributed by atoms with van der Waals surface area (Å²) in [5.41, 5.74) is 0.813. The van der Waals surface area contributed by atoms with Crippen molar-refractivity contribution < 1.29 is 23.6 Å². The largest absolute Gasteiger partial charge is 0.493 e. The molecule has 184 valence electrons. The lowest BCUT2D eigenvalue weighted by Gasteiger charge is -2.24. The summed E-state index contributed by atoms with van der Waals surface area (Å²) in [6, 6.07) is 7.22. The lowest BCUT2D eigenvalue weighted by atomic mass is 10.1. The van der Waals surface area contributed by atoms with Gasteiger partial charge in [-0.1, -0.05) is 22.8 Å². The molecule has 0 bridgehead atoms. The molecule has 0 saturated carbocycles. The van der Waals surface area contributed by atoms with Gasteiger partial charge in [0.1, 0.15) is 17.6 Å². The highest BCUT2D eigenvalue weighted by atomic mass is 35.5.